The Morgan fingerprint density at radius 3 is 2.46 bits per heavy atom. The first-order valence-electron chi connectivity index (χ1n) is 10.7. The number of methoxy groups -OCH3 is 1. The van der Waals surface area contributed by atoms with Crippen LogP contribution in [0.1, 0.15) is 28.4 Å². The molecule has 35 heavy (non-hydrogen) atoms. The van der Waals surface area contributed by atoms with Gasteiger partial charge in [0.15, 0.2) is 11.5 Å². The van der Waals surface area contributed by atoms with Crippen molar-refractivity contribution < 1.29 is 28.9 Å². The highest BCUT2D eigenvalue weighted by atomic mass is 16.5. The first kappa shape index (κ1) is 24.9. The summed E-state index contributed by atoms with van der Waals surface area (Å²) in [5.74, 6) is -0.229. The summed E-state index contributed by atoms with van der Waals surface area (Å²) in [5.41, 5.74) is 1.75. The highest BCUT2D eigenvalue weighted by molar-refractivity contribution is 6.10. The predicted octanol–water partition coefficient (Wildman–Crippen LogP) is 4.92. The molecule has 0 fully saturated rings. The van der Waals surface area contributed by atoms with Gasteiger partial charge < -0.3 is 24.6 Å². The van der Waals surface area contributed by atoms with E-state index in [1.807, 2.05) is 13.0 Å². The van der Waals surface area contributed by atoms with Crippen LogP contribution in [0.2, 0.25) is 0 Å². The number of anilines is 1. The largest absolute Gasteiger partial charge is 0.494 e. The maximum Gasteiger partial charge on any atom is 0.335 e. The van der Waals surface area contributed by atoms with E-state index in [2.05, 4.69) is 5.32 Å². The molecule has 1 amide bonds. The van der Waals surface area contributed by atoms with E-state index in [1.54, 1.807) is 54.6 Å². The van der Waals surface area contributed by atoms with E-state index in [0.717, 1.165) is 5.56 Å². The molecule has 0 saturated carbocycles. The fourth-order valence-corrected chi connectivity index (χ4v) is 3.19. The van der Waals surface area contributed by atoms with Crippen molar-refractivity contribution in [3.8, 4) is 23.3 Å². The number of hydrogen-bond donors (Lipinski definition) is 2. The third kappa shape index (κ3) is 6.62. The van der Waals surface area contributed by atoms with Gasteiger partial charge in [0.25, 0.3) is 5.91 Å². The molecule has 0 aliphatic heterocycles. The Bertz CT molecular complexity index is 1280. The number of amides is 1. The lowest BCUT2D eigenvalue weighted by atomic mass is 10.1. The molecule has 178 valence electrons. The van der Waals surface area contributed by atoms with Crippen molar-refractivity contribution in [2.24, 2.45) is 0 Å². The Morgan fingerprint density at radius 1 is 1.06 bits per heavy atom. The van der Waals surface area contributed by atoms with Crippen molar-refractivity contribution in [3.63, 3.8) is 0 Å². The van der Waals surface area contributed by atoms with E-state index in [1.165, 1.54) is 25.3 Å². The molecule has 0 heterocycles. The molecule has 0 aliphatic carbocycles. The van der Waals surface area contributed by atoms with Crippen LogP contribution in [0.5, 0.6) is 17.2 Å². The number of aromatic carboxylic acids is 1. The van der Waals surface area contributed by atoms with E-state index < -0.39 is 11.9 Å². The fraction of sp³-hybridized carbons (Fsp3) is 0.148. The number of carbonyl (C=O) groups is 2. The predicted molar refractivity (Wildman–Crippen MR) is 131 cm³/mol. The third-order valence-corrected chi connectivity index (χ3v) is 4.88. The molecule has 0 aliphatic rings. The van der Waals surface area contributed by atoms with Gasteiger partial charge in [-0.3, -0.25) is 4.79 Å². The molecule has 0 aromatic heterocycles. The topological polar surface area (TPSA) is 118 Å². The number of para-hydroxylation sites is 1. The van der Waals surface area contributed by atoms with Gasteiger partial charge in [-0.1, -0.05) is 30.3 Å². The molecule has 3 aromatic rings. The summed E-state index contributed by atoms with van der Waals surface area (Å²) in [6.45, 7) is 2.48. The summed E-state index contributed by atoms with van der Waals surface area (Å²) in [7, 11) is 1.49. The number of nitriles is 1. The molecule has 0 atom stereocenters. The minimum absolute atomic E-state index is 0.124. The van der Waals surface area contributed by atoms with E-state index >= 15 is 0 Å². The molecule has 0 radical (unpaired) electrons. The first-order chi connectivity index (χ1) is 16.9. The Hall–Kier alpha value is -4.77. The van der Waals surface area contributed by atoms with Crippen molar-refractivity contribution in [2.75, 3.05) is 19.0 Å². The monoisotopic (exact) mass is 472 g/mol. The molecular weight excluding hydrogens is 448 g/mol. The Kier molecular flexibility index (Phi) is 8.46. The lowest BCUT2D eigenvalue weighted by Gasteiger charge is -2.14. The van der Waals surface area contributed by atoms with Crippen LogP contribution in [0.25, 0.3) is 6.08 Å². The Morgan fingerprint density at radius 2 is 1.80 bits per heavy atom. The van der Waals surface area contributed by atoms with Crippen LogP contribution in [0.15, 0.2) is 72.3 Å². The molecule has 2 N–H and O–H groups in total. The minimum Gasteiger partial charge on any atom is -0.494 e. The molecule has 8 heteroatoms. The zero-order valence-electron chi connectivity index (χ0n) is 19.3. The second-order valence-corrected chi connectivity index (χ2v) is 7.25. The molecule has 0 unspecified atom stereocenters. The molecule has 8 nitrogen and oxygen atoms in total. The minimum atomic E-state index is -1.01. The molecule has 3 aromatic carbocycles. The summed E-state index contributed by atoms with van der Waals surface area (Å²) < 4.78 is 16.8. The average Bonchev–Trinajstić information content (AvgIpc) is 2.86. The summed E-state index contributed by atoms with van der Waals surface area (Å²) >= 11 is 0. The number of benzene rings is 3. The number of carbonyl (C=O) groups excluding carboxylic acids is 1. The van der Waals surface area contributed by atoms with Gasteiger partial charge in [-0.05, 0) is 48.9 Å². The second-order valence-electron chi connectivity index (χ2n) is 7.25. The zero-order valence-corrected chi connectivity index (χ0v) is 19.3. The number of ether oxygens (including phenoxy) is 3. The smallest absolute Gasteiger partial charge is 0.335 e. The highest BCUT2D eigenvalue weighted by Crippen LogP contribution is 2.33. The van der Waals surface area contributed by atoms with E-state index in [9.17, 15) is 14.9 Å². The van der Waals surface area contributed by atoms with Crippen LogP contribution in [0.3, 0.4) is 0 Å². The molecule has 0 spiro atoms. The zero-order chi connectivity index (χ0) is 25.2. The van der Waals surface area contributed by atoms with E-state index in [-0.39, 0.29) is 17.7 Å². The number of nitrogens with zero attached hydrogens (tertiary/aromatic N) is 1. The van der Waals surface area contributed by atoms with Gasteiger partial charge in [-0.25, -0.2) is 4.79 Å². The summed E-state index contributed by atoms with van der Waals surface area (Å²) in [6, 6.07) is 20.2. The van der Waals surface area contributed by atoms with Crippen molar-refractivity contribution in [3.05, 3.63) is 89.0 Å². The van der Waals surface area contributed by atoms with E-state index in [0.29, 0.717) is 35.1 Å². The lowest BCUT2D eigenvalue weighted by molar-refractivity contribution is -0.112. The van der Waals surface area contributed by atoms with Gasteiger partial charge in [0, 0.05) is 17.3 Å². The first-order valence-corrected chi connectivity index (χ1v) is 10.7. The molecule has 3 rings (SSSR count). The van der Waals surface area contributed by atoms with Gasteiger partial charge in [0.1, 0.15) is 24.0 Å². The SMILES string of the molecule is CCOc1cccc(NC(=O)/C(C#N)=C\c2cccc(OC)c2OCc2ccc(C(=O)O)cc2)c1. The van der Waals surface area contributed by atoms with Crippen LogP contribution in [-0.2, 0) is 11.4 Å². The number of hydrogen-bond acceptors (Lipinski definition) is 6. The molecule has 0 bridgehead atoms. The third-order valence-electron chi connectivity index (χ3n) is 4.88. The van der Waals surface area contributed by atoms with Crippen molar-refractivity contribution in [1.29, 1.82) is 5.26 Å². The summed E-state index contributed by atoms with van der Waals surface area (Å²) in [5, 5.41) is 21.4. The highest BCUT2D eigenvalue weighted by Gasteiger charge is 2.15. The van der Waals surface area contributed by atoms with Crippen molar-refractivity contribution in [2.45, 2.75) is 13.5 Å². The van der Waals surface area contributed by atoms with Crippen LogP contribution < -0.4 is 19.5 Å². The van der Waals surface area contributed by atoms with Gasteiger partial charge in [0.05, 0.1) is 19.3 Å². The van der Waals surface area contributed by atoms with E-state index in [4.69, 9.17) is 19.3 Å². The van der Waals surface area contributed by atoms with Gasteiger partial charge in [0.2, 0.25) is 0 Å². The van der Waals surface area contributed by atoms with Crippen LogP contribution in [0, 0.1) is 11.3 Å². The number of nitrogens with one attached hydrogen (secondary N) is 1. The maximum absolute atomic E-state index is 12.8. The Balaban J connectivity index is 1.83. The standard InChI is InChI=1S/C27H24N2O6/c1-3-34-23-8-5-7-22(15-23)29-26(30)21(16-28)14-20-6-4-9-24(33-2)25(20)35-17-18-10-12-19(13-11-18)27(31)32/h4-15H,3,17H2,1-2H3,(H,29,30)(H,31,32)/b21-14-. The molecular formula is C27H24N2O6. The van der Waals surface area contributed by atoms with Crippen molar-refractivity contribution in [1.82, 2.24) is 0 Å². The normalized spacial score (nSPS) is 10.7. The maximum atomic E-state index is 12.8. The lowest BCUT2D eigenvalue weighted by Crippen LogP contribution is -2.13. The molecule has 0 saturated heterocycles. The summed E-state index contributed by atoms with van der Waals surface area (Å²) in [6.07, 6.45) is 1.42. The summed E-state index contributed by atoms with van der Waals surface area (Å²) in [4.78, 5) is 23.8. The fourth-order valence-electron chi connectivity index (χ4n) is 3.19. The van der Waals surface area contributed by atoms with Crippen molar-refractivity contribution >= 4 is 23.6 Å². The number of carboxylic acid groups (broad SMARTS) is 1. The second kappa shape index (κ2) is 11.9. The Labute approximate surface area is 203 Å². The number of carboxylic acids is 1. The van der Waals surface area contributed by atoms with Crippen LogP contribution in [-0.4, -0.2) is 30.7 Å². The van der Waals surface area contributed by atoms with Crippen LogP contribution >= 0.6 is 0 Å². The van der Waals surface area contributed by atoms with Gasteiger partial charge in [-0.2, -0.15) is 5.26 Å². The van der Waals surface area contributed by atoms with Gasteiger partial charge in [-0.15, -0.1) is 0 Å². The average molecular weight is 472 g/mol. The van der Waals surface area contributed by atoms with Gasteiger partial charge >= 0.3 is 5.97 Å². The number of rotatable bonds is 10. The quantitative estimate of drug-likeness (QED) is 0.318. The van der Waals surface area contributed by atoms with Crippen LogP contribution in [0.4, 0.5) is 5.69 Å².